The molecule has 0 radical (unpaired) electrons. The zero-order valence-corrected chi connectivity index (χ0v) is 14.1. The molecule has 0 saturated heterocycles. The largest absolute Gasteiger partial charge is 0.397 e. The van der Waals surface area contributed by atoms with E-state index in [9.17, 15) is 4.79 Å². The number of nitrogens with one attached hydrogen (secondary N) is 1. The Hall–Kier alpha value is -2.88. The van der Waals surface area contributed by atoms with Crippen molar-refractivity contribution in [3.8, 4) is 0 Å². The first-order valence-electron chi connectivity index (χ1n) is 8.03. The molecule has 0 aliphatic rings. The maximum atomic E-state index is 12.8. The number of carbonyl (C=O) groups excluding carboxylic acids is 1. The molecule has 3 aromatic rings. The summed E-state index contributed by atoms with van der Waals surface area (Å²) in [6, 6.07) is 15.2. The van der Waals surface area contributed by atoms with E-state index >= 15 is 0 Å². The first kappa shape index (κ1) is 16.0. The number of aryl methyl sites for hydroxylation is 1. The summed E-state index contributed by atoms with van der Waals surface area (Å²) in [5.41, 5.74) is 10.5. The number of para-hydroxylation sites is 2. The van der Waals surface area contributed by atoms with Crippen molar-refractivity contribution in [3.05, 3.63) is 65.4 Å². The van der Waals surface area contributed by atoms with Crippen LogP contribution in [0.1, 0.15) is 41.4 Å². The van der Waals surface area contributed by atoms with Crippen molar-refractivity contribution in [1.82, 2.24) is 4.98 Å². The van der Waals surface area contributed by atoms with Gasteiger partial charge in [0.2, 0.25) is 0 Å². The number of nitrogen functional groups attached to an aromatic ring is 1. The van der Waals surface area contributed by atoms with Crippen LogP contribution in [0.25, 0.3) is 10.9 Å². The molecule has 0 atom stereocenters. The summed E-state index contributed by atoms with van der Waals surface area (Å²) < 4.78 is 0. The second kappa shape index (κ2) is 6.32. The van der Waals surface area contributed by atoms with Crippen molar-refractivity contribution >= 4 is 28.2 Å². The highest BCUT2D eigenvalue weighted by Crippen LogP contribution is 2.25. The maximum absolute atomic E-state index is 12.8. The van der Waals surface area contributed by atoms with Crippen molar-refractivity contribution in [1.29, 1.82) is 0 Å². The second-order valence-electron chi connectivity index (χ2n) is 6.28. The normalized spacial score (nSPS) is 11.0. The molecule has 2 aromatic carbocycles. The van der Waals surface area contributed by atoms with Gasteiger partial charge in [-0.05, 0) is 48.7 Å². The number of nitrogens with two attached hydrogens (primary N) is 1. The lowest BCUT2D eigenvalue weighted by Crippen LogP contribution is -2.14. The molecule has 3 N–H and O–H groups in total. The molecule has 1 aromatic heterocycles. The highest BCUT2D eigenvalue weighted by molar-refractivity contribution is 6.13. The summed E-state index contributed by atoms with van der Waals surface area (Å²) in [7, 11) is 0. The molecule has 0 spiro atoms. The van der Waals surface area contributed by atoms with Gasteiger partial charge in [0.25, 0.3) is 5.91 Å². The molecule has 1 heterocycles. The van der Waals surface area contributed by atoms with Gasteiger partial charge in [-0.3, -0.25) is 9.78 Å². The topological polar surface area (TPSA) is 68.0 Å². The Labute approximate surface area is 141 Å². The Morgan fingerprint density at radius 1 is 1.12 bits per heavy atom. The number of rotatable bonds is 3. The number of pyridine rings is 1. The van der Waals surface area contributed by atoms with Crippen LogP contribution in [0.4, 0.5) is 11.4 Å². The molecule has 24 heavy (non-hydrogen) atoms. The maximum Gasteiger partial charge on any atom is 0.256 e. The van der Waals surface area contributed by atoms with Crippen molar-refractivity contribution in [2.75, 3.05) is 11.1 Å². The van der Waals surface area contributed by atoms with Gasteiger partial charge in [-0.25, -0.2) is 0 Å². The van der Waals surface area contributed by atoms with Crippen LogP contribution in [0.5, 0.6) is 0 Å². The third kappa shape index (κ3) is 3.08. The lowest BCUT2D eigenvalue weighted by atomic mass is 9.98. The van der Waals surface area contributed by atoms with Gasteiger partial charge in [-0.15, -0.1) is 0 Å². The fourth-order valence-corrected chi connectivity index (χ4v) is 2.72. The summed E-state index contributed by atoms with van der Waals surface area (Å²) in [5, 5.41) is 3.76. The van der Waals surface area contributed by atoms with Crippen LogP contribution in [0.15, 0.2) is 48.5 Å². The molecular formula is C20H21N3O. The van der Waals surface area contributed by atoms with Crippen LogP contribution in [-0.4, -0.2) is 10.9 Å². The van der Waals surface area contributed by atoms with Gasteiger partial charge in [-0.1, -0.05) is 32.0 Å². The highest BCUT2D eigenvalue weighted by Gasteiger charge is 2.14. The van der Waals surface area contributed by atoms with Crippen molar-refractivity contribution in [3.63, 3.8) is 0 Å². The zero-order valence-electron chi connectivity index (χ0n) is 14.1. The number of anilines is 2. The number of nitrogens with zero attached hydrogens (tertiary/aromatic N) is 1. The van der Waals surface area contributed by atoms with Gasteiger partial charge >= 0.3 is 0 Å². The Balaban J connectivity index is 2.08. The van der Waals surface area contributed by atoms with E-state index < -0.39 is 0 Å². The Morgan fingerprint density at radius 3 is 2.58 bits per heavy atom. The lowest BCUT2D eigenvalue weighted by Gasteiger charge is -2.12. The summed E-state index contributed by atoms with van der Waals surface area (Å²) in [5.74, 6) is 0.209. The van der Waals surface area contributed by atoms with E-state index in [4.69, 9.17) is 5.73 Å². The van der Waals surface area contributed by atoms with Gasteiger partial charge in [0.05, 0.1) is 22.5 Å². The van der Waals surface area contributed by atoms with Crippen LogP contribution in [-0.2, 0) is 0 Å². The van der Waals surface area contributed by atoms with Gasteiger partial charge in [-0.2, -0.15) is 0 Å². The van der Waals surface area contributed by atoms with Gasteiger partial charge in [0.15, 0.2) is 0 Å². The zero-order chi connectivity index (χ0) is 17.3. The summed E-state index contributed by atoms with van der Waals surface area (Å²) in [4.78, 5) is 17.4. The minimum absolute atomic E-state index is 0.177. The molecule has 0 aliphatic carbocycles. The minimum Gasteiger partial charge on any atom is -0.397 e. The predicted molar refractivity (Wildman–Crippen MR) is 99.4 cm³/mol. The third-order valence-electron chi connectivity index (χ3n) is 4.08. The van der Waals surface area contributed by atoms with Crippen molar-refractivity contribution < 1.29 is 4.79 Å². The van der Waals surface area contributed by atoms with Gasteiger partial charge in [0, 0.05) is 11.1 Å². The van der Waals surface area contributed by atoms with Crippen molar-refractivity contribution in [2.45, 2.75) is 26.7 Å². The fourth-order valence-electron chi connectivity index (χ4n) is 2.72. The molecule has 4 heteroatoms. The van der Waals surface area contributed by atoms with E-state index in [-0.39, 0.29) is 5.91 Å². The Kier molecular flexibility index (Phi) is 4.21. The second-order valence-corrected chi connectivity index (χ2v) is 6.28. The van der Waals surface area contributed by atoms with E-state index in [0.29, 0.717) is 22.9 Å². The Bertz CT molecular complexity index is 916. The number of hydrogen-bond donors (Lipinski definition) is 2. The van der Waals surface area contributed by atoms with Gasteiger partial charge in [0.1, 0.15) is 0 Å². The van der Waals surface area contributed by atoms with Crippen LogP contribution < -0.4 is 11.1 Å². The van der Waals surface area contributed by atoms with E-state index in [1.54, 1.807) is 12.1 Å². The molecule has 0 unspecified atom stereocenters. The van der Waals surface area contributed by atoms with E-state index in [1.807, 2.05) is 31.2 Å². The van der Waals surface area contributed by atoms with E-state index in [2.05, 4.69) is 36.3 Å². The van der Waals surface area contributed by atoms with Crippen molar-refractivity contribution in [2.24, 2.45) is 0 Å². The molecule has 1 amide bonds. The number of carbonyl (C=O) groups is 1. The summed E-state index contributed by atoms with van der Waals surface area (Å²) >= 11 is 0. The third-order valence-corrected chi connectivity index (χ3v) is 4.08. The van der Waals surface area contributed by atoms with Crippen LogP contribution in [0.2, 0.25) is 0 Å². The van der Waals surface area contributed by atoms with E-state index in [0.717, 1.165) is 16.6 Å². The number of aromatic nitrogens is 1. The molecule has 0 fully saturated rings. The first-order valence-corrected chi connectivity index (χ1v) is 8.03. The monoisotopic (exact) mass is 319 g/mol. The number of benzene rings is 2. The number of fused-ring (bicyclic) bond motifs is 1. The molecule has 3 rings (SSSR count). The van der Waals surface area contributed by atoms with E-state index in [1.165, 1.54) is 5.56 Å². The predicted octanol–water partition coefficient (Wildman–Crippen LogP) is 4.50. The van der Waals surface area contributed by atoms with Crippen LogP contribution >= 0.6 is 0 Å². The van der Waals surface area contributed by atoms with Crippen LogP contribution in [0.3, 0.4) is 0 Å². The number of hydrogen-bond acceptors (Lipinski definition) is 3. The highest BCUT2D eigenvalue weighted by atomic mass is 16.1. The van der Waals surface area contributed by atoms with Gasteiger partial charge < -0.3 is 11.1 Å². The number of amides is 1. The quantitative estimate of drug-likeness (QED) is 0.698. The summed E-state index contributed by atoms with van der Waals surface area (Å²) in [6.07, 6.45) is 0. The molecule has 122 valence electrons. The standard InChI is InChI=1S/C20H21N3O/c1-12(2)14-8-9-18-15(11-14)16(10-13(3)22-18)20(24)23-19-7-5-4-6-17(19)21/h4-12H,21H2,1-3H3,(H,23,24). The lowest BCUT2D eigenvalue weighted by molar-refractivity contribution is 0.102. The first-order chi connectivity index (χ1) is 11.5. The average molecular weight is 319 g/mol. The fraction of sp³-hybridized carbons (Fsp3) is 0.200. The smallest absolute Gasteiger partial charge is 0.256 e. The minimum atomic E-state index is -0.177. The average Bonchev–Trinajstić information content (AvgIpc) is 2.55. The molecule has 0 aliphatic heterocycles. The SMILES string of the molecule is Cc1cc(C(=O)Nc2ccccc2N)c2cc(C(C)C)ccc2n1. The van der Waals surface area contributed by atoms with Crippen LogP contribution in [0, 0.1) is 6.92 Å². The molecular weight excluding hydrogens is 298 g/mol. The molecule has 4 nitrogen and oxygen atoms in total. The molecule has 0 bridgehead atoms. The Morgan fingerprint density at radius 2 is 1.88 bits per heavy atom. The molecule has 0 saturated carbocycles. The summed E-state index contributed by atoms with van der Waals surface area (Å²) in [6.45, 7) is 6.16.